The van der Waals surface area contributed by atoms with E-state index in [0.717, 1.165) is 18.5 Å². The Bertz CT molecular complexity index is 357. The van der Waals surface area contributed by atoms with Crippen molar-refractivity contribution in [3.8, 4) is 0 Å². The van der Waals surface area contributed by atoms with Gasteiger partial charge in [-0.2, -0.15) is 0 Å². The molecule has 1 aromatic carbocycles. The third kappa shape index (κ3) is 6.89. The summed E-state index contributed by atoms with van der Waals surface area (Å²) in [4.78, 5) is 11.5. The summed E-state index contributed by atoms with van der Waals surface area (Å²) in [7, 11) is 0. The zero-order valence-corrected chi connectivity index (χ0v) is 11.2. The van der Waals surface area contributed by atoms with Crippen LogP contribution in [0.3, 0.4) is 0 Å². The Morgan fingerprint density at radius 2 is 1.94 bits per heavy atom. The molecule has 1 aromatic rings. The van der Waals surface area contributed by atoms with E-state index in [1.54, 1.807) is 0 Å². The van der Waals surface area contributed by atoms with Gasteiger partial charge in [0.25, 0.3) is 0 Å². The van der Waals surface area contributed by atoms with E-state index in [-0.39, 0.29) is 5.91 Å². The molecule has 0 saturated carbocycles. The van der Waals surface area contributed by atoms with E-state index in [1.807, 2.05) is 42.5 Å². The van der Waals surface area contributed by atoms with Crippen molar-refractivity contribution in [2.75, 3.05) is 6.54 Å². The van der Waals surface area contributed by atoms with Crippen LogP contribution in [0.1, 0.15) is 44.6 Å². The van der Waals surface area contributed by atoms with Crippen LogP contribution in [0.5, 0.6) is 0 Å². The molecule has 0 fully saturated rings. The van der Waals surface area contributed by atoms with Gasteiger partial charge < -0.3 is 5.32 Å². The minimum absolute atomic E-state index is 0.110. The fourth-order valence-corrected chi connectivity index (χ4v) is 1.72. The zero-order chi connectivity index (χ0) is 13.1. The number of unbranched alkanes of at least 4 members (excludes halogenated alkanes) is 3. The molecule has 0 aromatic heterocycles. The van der Waals surface area contributed by atoms with Gasteiger partial charge in [-0.15, -0.1) is 0 Å². The lowest BCUT2D eigenvalue weighted by Gasteiger charge is -2.02. The highest BCUT2D eigenvalue weighted by molar-refractivity contribution is 5.78. The summed E-state index contributed by atoms with van der Waals surface area (Å²) < 4.78 is 0. The Morgan fingerprint density at radius 3 is 2.67 bits per heavy atom. The second-order valence-electron chi connectivity index (χ2n) is 4.43. The number of benzene rings is 1. The van der Waals surface area contributed by atoms with Crippen LogP contribution in [0.15, 0.2) is 36.4 Å². The quantitative estimate of drug-likeness (QED) is 0.694. The van der Waals surface area contributed by atoms with Crippen LogP contribution in [0.25, 0.3) is 6.08 Å². The second-order valence-corrected chi connectivity index (χ2v) is 4.43. The average Bonchev–Trinajstić information content (AvgIpc) is 2.40. The van der Waals surface area contributed by atoms with E-state index in [9.17, 15) is 4.79 Å². The van der Waals surface area contributed by atoms with E-state index in [1.165, 1.54) is 19.3 Å². The Kier molecular flexibility index (Phi) is 7.61. The fraction of sp³-hybridized carbons (Fsp3) is 0.438. The van der Waals surface area contributed by atoms with Crippen molar-refractivity contribution in [2.45, 2.75) is 39.0 Å². The average molecular weight is 245 g/mol. The third-order valence-corrected chi connectivity index (χ3v) is 2.77. The van der Waals surface area contributed by atoms with Crippen LogP contribution in [0.4, 0.5) is 0 Å². The maximum Gasteiger partial charge on any atom is 0.223 e. The number of carbonyl (C=O) groups excluding carboxylic acids is 1. The standard InChI is InChI=1S/C16H23NO/c1-2-3-4-8-14-17-16(18)13-9-12-15-10-6-5-7-11-15/h5-7,9-12H,2-4,8,13-14H2,1H3,(H,17,18)/b12-9+. The van der Waals surface area contributed by atoms with E-state index < -0.39 is 0 Å². The molecular weight excluding hydrogens is 222 g/mol. The number of amides is 1. The predicted molar refractivity (Wildman–Crippen MR) is 77.2 cm³/mol. The number of hydrogen-bond donors (Lipinski definition) is 1. The third-order valence-electron chi connectivity index (χ3n) is 2.77. The Hall–Kier alpha value is -1.57. The first-order valence-electron chi connectivity index (χ1n) is 6.81. The van der Waals surface area contributed by atoms with Gasteiger partial charge in [0.1, 0.15) is 0 Å². The van der Waals surface area contributed by atoms with Gasteiger partial charge in [0.15, 0.2) is 0 Å². The molecule has 0 aliphatic rings. The van der Waals surface area contributed by atoms with Gasteiger partial charge in [0.05, 0.1) is 0 Å². The highest BCUT2D eigenvalue weighted by atomic mass is 16.1. The van der Waals surface area contributed by atoms with Crippen LogP contribution in [0, 0.1) is 0 Å². The SMILES string of the molecule is CCCCCCNC(=O)C/C=C/c1ccccc1. The molecule has 18 heavy (non-hydrogen) atoms. The topological polar surface area (TPSA) is 29.1 Å². The highest BCUT2D eigenvalue weighted by Crippen LogP contribution is 2.02. The van der Waals surface area contributed by atoms with Gasteiger partial charge in [-0.1, -0.05) is 68.7 Å². The molecule has 98 valence electrons. The van der Waals surface area contributed by atoms with Gasteiger partial charge in [-0.25, -0.2) is 0 Å². The molecule has 2 heteroatoms. The highest BCUT2D eigenvalue weighted by Gasteiger charge is 1.96. The van der Waals surface area contributed by atoms with Crippen molar-refractivity contribution in [1.82, 2.24) is 5.32 Å². The normalized spacial score (nSPS) is 10.7. The summed E-state index contributed by atoms with van der Waals surface area (Å²) in [6, 6.07) is 10.0. The molecule has 0 unspecified atom stereocenters. The van der Waals surface area contributed by atoms with Crippen LogP contribution >= 0.6 is 0 Å². The monoisotopic (exact) mass is 245 g/mol. The molecule has 1 N–H and O–H groups in total. The fourth-order valence-electron chi connectivity index (χ4n) is 1.72. The minimum atomic E-state index is 0.110. The van der Waals surface area contributed by atoms with Gasteiger partial charge in [0, 0.05) is 13.0 Å². The molecule has 0 heterocycles. The molecule has 1 amide bonds. The molecule has 0 bridgehead atoms. The summed E-state index contributed by atoms with van der Waals surface area (Å²) in [6.45, 7) is 2.99. The maximum atomic E-state index is 11.5. The van der Waals surface area contributed by atoms with E-state index in [2.05, 4.69) is 12.2 Å². The van der Waals surface area contributed by atoms with Gasteiger partial charge in [-0.05, 0) is 12.0 Å². The molecule has 2 nitrogen and oxygen atoms in total. The van der Waals surface area contributed by atoms with Crippen molar-refractivity contribution in [2.24, 2.45) is 0 Å². The first kappa shape index (κ1) is 14.5. The van der Waals surface area contributed by atoms with Crippen molar-refractivity contribution in [3.05, 3.63) is 42.0 Å². The van der Waals surface area contributed by atoms with E-state index in [0.29, 0.717) is 6.42 Å². The van der Waals surface area contributed by atoms with Crippen LogP contribution < -0.4 is 5.32 Å². The Balaban J connectivity index is 2.11. The second kappa shape index (κ2) is 9.46. The molecule has 1 rings (SSSR count). The lowest BCUT2D eigenvalue weighted by molar-refractivity contribution is -0.120. The summed E-state index contributed by atoms with van der Waals surface area (Å²) in [5, 5.41) is 2.94. The number of carbonyl (C=O) groups is 1. The van der Waals surface area contributed by atoms with Crippen LogP contribution in [-0.2, 0) is 4.79 Å². The molecule has 0 atom stereocenters. The lowest BCUT2D eigenvalue weighted by Crippen LogP contribution is -2.23. The number of nitrogens with one attached hydrogen (secondary N) is 1. The van der Waals surface area contributed by atoms with Crippen LogP contribution in [0.2, 0.25) is 0 Å². The summed E-state index contributed by atoms with van der Waals surface area (Å²) in [5.41, 5.74) is 1.13. The first-order chi connectivity index (χ1) is 8.83. The summed E-state index contributed by atoms with van der Waals surface area (Å²) >= 11 is 0. The van der Waals surface area contributed by atoms with Gasteiger partial charge >= 0.3 is 0 Å². The maximum absolute atomic E-state index is 11.5. The molecular formula is C16H23NO. The van der Waals surface area contributed by atoms with Gasteiger partial charge in [0.2, 0.25) is 5.91 Å². The summed E-state index contributed by atoms with van der Waals surface area (Å²) in [6.07, 6.45) is 9.13. The molecule has 0 spiro atoms. The summed E-state index contributed by atoms with van der Waals surface area (Å²) in [5.74, 6) is 0.110. The number of hydrogen-bond acceptors (Lipinski definition) is 1. The molecule has 0 saturated heterocycles. The molecule has 0 aliphatic heterocycles. The van der Waals surface area contributed by atoms with Crippen molar-refractivity contribution in [3.63, 3.8) is 0 Å². The van der Waals surface area contributed by atoms with Gasteiger partial charge in [-0.3, -0.25) is 4.79 Å². The van der Waals surface area contributed by atoms with E-state index in [4.69, 9.17) is 0 Å². The lowest BCUT2D eigenvalue weighted by atomic mass is 10.2. The predicted octanol–water partition coefficient (Wildman–Crippen LogP) is 3.79. The molecule has 0 aliphatic carbocycles. The van der Waals surface area contributed by atoms with Crippen molar-refractivity contribution < 1.29 is 4.79 Å². The largest absolute Gasteiger partial charge is 0.356 e. The van der Waals surface area contributed by atoms with E-state index >= 15 is 0 Å². The van der Waals surface area contributed by atoms with Crippen molar-refractivity contribution in [1.29, 1.82) is 0 Å². The minimum Gasteiger partial charge on any atom is -0.356 e. The smallest absolute Gasteiger partial charge is 0.223 e. The van der Waals surface area contributed by atoms with Crippen molar-refractivity contribution >= 4 is 12.0 Å². The molecule has 0 radical (unpaired) electrons. The Labute approximate surface area is 110 Å². The van der Waals surface area contributed by atoms with Crippen LogP contribution in [-0.4, -0.2) is 12.5 Å². The first-order valence-corrected chi connectivity index (χ1v) is 6.81. The number of rotatable bonds is 8. The zero-order valence-electron chi connectivity index (χ0n) is 11.2. The Morgan fingerprint density at radius 1 is 1.17 bits per heavy atom.